The summed E-state index contributed by atoms with van der Waals surface area (Å²) in [5.74, 6) is -0.0891. The monoisotopic (exact) mass is 384 g/mol. The van der Waals surface area contributed by atoms with E-state index in [1.165, 1.54) is 6.07 Å². The molecule has 0 spiro atoms. The second kappa shape index (κ2) is 7.10. The number of carbonyl (C=O) groups is 1. The Hall–Kier alpha value is -2.93. The molecular weight excluding hydrogens is 372 g/mol. The van der Waals surface area contributed by atoms with Crippen molar-refractivity contribution in [3.8, 4) is 0 Å². The van der Waals surface area contributed by atoms with Gasteiger partial charge in [-0.25, -0.2) is 9.78 Å². The number of benzene rings is 2. The number of anilines is 4. The van der Waals surface area contributed by atoms with Crippen LogP contribution >= 0.6 is 15.9 Å². The number of halogens is 1. The maximum absolute atomic E-state index is 11.3. The predicted molar refractivity (Wildman–Crippen MR) is 96.1 cm³/mol. The van der Waals surface area contributed by atoms with Gasteiger partial charge in [0.2, 0.25) is 5.95 Å². The SMILES string of the molecule is O=C(O)c1ccccc1Nc1ccnc(Nc2ccc(Br)cc2)n1. The van der Waals surface area contributed by atoms with Crippen LogP contribution in [0.5, 0.6) is 0 Å². The fourth-order valence-electron chi connectivity index (χ4n) is 2.07. The number of aromatic carboxylic acids is 1. The third-order valence-electron chi connectivity index (χ3n) is 3.18. The first-order valence-electron chi connectivity index (χ1n) is 7.07. The molecule has 3 aromatic rings. The molecule has 0 bridgehead atoms. The fourth-order valence-corrected chi connectivity index (χ4v) is 2.33. The molecule has 0 amide bonds. The Bertz CT molecular complexity index is 868. The van der Waals surface area contributed by atoms with Gasteiger partial charge < -0.3 is 15.7 Å². The van der Waals surface area contributed by atoms with Gasteiger partial charge >= 0.3 is 5.97 Å². The van der Waals surface area contributed by atoms with Gasteiger partial charge in [-0.1, -0.05) is 28.1 Å². The van der Waals surface area contributed by atoms with Gasteiger partial charge in [-0.2, -0.15) is 4.98 Å². The molecule has 0 saturated heterocycles. The van der Waals surface area contributed by atoms with Gasteiger partial charge in [0, 0.05) is 16.4 Å². The van der Waals surface area contributed by atoms with Crippen LogP contribution in [-0.2, 0) is 0 Å². The van der Waals surface area contributed by atoms with E-state index >= 15 is 0 Å². The maximum atomic E-state index is 11.3. The average molecular weight is 385 g/mol. The van der Waals surface area contributed by atoms with Crippen molar-refractivity contribution in [2.45, 2.75) is 0 Å². The van der Waals surface area contributed by atoms with E-state index in [2.05, 4.69) is 36.5 Å². The van der Waals surface area contributed by atoms with Crippen LogP contribution in [0.1, 0.15) is 10.4 Å². The van der Waals surface area contributed by atoms with Gasteiger partial charge in [-0.3, -0.25) is 0 Å². The lowest BCUT2D eigenvalue weighted by Crippen LogP contribution is -2.04. The van der Waals surface area contributed by atoms with E-state index in [4.69, 9.17) is 0 Å². The van der Waals surface area contributed by atoms with Gasteiger partial charge in [-0.15, -0.1) is 0 Å². The van der Waals surface area contributed by atoms with Crippen molar-refractivity contribution in [2.75, 3.05) is 10.6 Å². The molecule has 0 atom stereocenters. The summed E-state index contributed by atoms with van der Waals surface area (Å²) < 4.78 is 0.981. The van der Waals surface area contributed by atoms with Crippen LogP contribution in [0.4, 0.5) is 23.1 Å². The van der Waals surface area contributed by atoms with Crippen molar-refractivity contribution >= 4 is 45.0 Å². The van der Waals surface area contributed by atoms with E-state index in [0.29, 0.717) is 17.5 Å². The highest BCUT2D eigenvalue weighted by molar-refractivity contribution is 9.10. The topological polar surface area (TPSA) is 87.1 Å². The Morgan fingerprint density at radius 1 is 1.00 bits per heavy atom. The van der Waals surface area contributed by atoms with Crippen molar-refractivity contribution in [1.82, 2.24) is 9.97 Å². The summed E-state index contributed by atoms with van der Waals surface area (Å²) in [5.41, 5.74) is 1.50. The van der Waals surface area contributed by atoms with E-state index in [1.54, 1.807) is 30.5 Å². The molecule has 0 aliphatic heterocycles. The third kappa shape index (κ3) is 3.88. The quantitative estimate of drug-likeness (QED) is 0.603. The van der Waals surface area contributed by atoms with Crippen LogP contribution in [-0.4, -0.2) is 21.0 Å². The van der Waals surface area contributed by atoms with Crippen molar-refractivity contribution in [3.05, 3.63) is 70.8 Å². The molecule has 0 aliphatic carbocycles. The Labute approximate surface area is 146 Å². The Kier molecular flexibility index (Phi) is 4.72. The van der Waals surface area contributed by atoms with Crippen LogP contribution in [0, 0.1) is 0 Å². The Morgan fingerprint density at radius 2 is 1.75 bits per heavy atom. The van der Waals surface area contributed by atoms with Gasteiger partial charge in [-0.05, 0) is 42.5 Å². The number of hydrogen-bond donors (Lipinski definition) is 3. The number of carboxylic acids is 1. The number of para-hydroxylation sites is 1. The highest BCUT2D eigenvalue weighted by Crippen LogP contribution is 2.21. The molecule has 0 unspecified atom stereocenters. The van der Waals surface area contributed by atoms with E-state index in [1.807, 2.05) is 24.3 Å². The summed E-state index contributed by atoms with van der Waals surface area (Å²) in [6, 6.07) is 15.9. The number of nitrogens with zero attached hydrogens (tertiary/aromatic N) is 2. The van der Waals surface area contributed by atoms with Gasteiger partial charge in [0.15, 0.2) is 0 Å². The molecule has 2 aromatic carbocycles. The highest BCUT2D eigenvalue weighted by Gasteiger charge is 2.10. The standard InChI is InChI=1S/C17H13BrN4O2/c18-11-5-7-12(8-6-11)20-17-19-10-9-15(22-17)21-14-4-2-1-3-13(14)16(23)24/h1-10H,(H,23,24)(H2,19,20,21,22). The number of rotatable bonds is 5. The van der Waals surface area contributed by atoms with E-state index in [9.17, 15) is 9.90 Å². The second-order valence-electron chi connectivity index (χ2n) is 4.87. The van der Waals surface area contributed by atoms with Crippen LogP contribution in [0.15, 0.2) is 65.3 Å². The fraction of sp³-hybridized carbons (Fsp3) is 0. The lowest BCUT2D eigenvalue weighted by molar-refractivity contribution is 0.0698. The molecule has 1 aromatic heterocycles. The first-order valence-corrected chi connectivity index (χ1v) is 7.86. The molecule has 0 saturated carbocycles. The summed E-state index contributed by atoms with van der Waals surface area (Å²) in [6.45, 7) is 0. The summed E-state index contributed by atoms with van der Waals surface area (Å²) in [5, 5.41) is 15.3. The zero-order valence-corrected chi connectivity index (χ0v) is 14.0. The summed E-state index contributed by atoms with van der Waals surface area (Å²) in [7, 11) is 0. The third-order valence-corrected chi connectivity index (χ3v) is 3.70. The largest absolute Gasteiger partial charge is 0.478 e. The maximum Gasteiger partial charge on any atom is 0.337 e. The van der Waals surface area contributed by atoms with E-state index in [0.717, 1.165) is 10.2 Å². The minimum absolute atomic E-state index is 0.179. The lowest BCUT2D eigenvalue weighted by Gasteiger charge is -2.10. The molecule has 24 heavy (non-hydrogen) atoms. The normalized spacial score (nSPS) is 10.2. The molecule has 120 valence electrons. The molecule has 0 radical (unpaired) electrons. The minimum Gasteiger partial charge on any atom is -0.478 e. The van der Waals surface area contributed by atoms with E-state index < -0.39 is 5.97 Å². The Morgan fingerprint density at radius 3 is 2.50 bits per heavy atom. The number of nitrogens with one attached hydrogen (secondary N) is 2. The smallest absolute Gasteiger partial charge is 0.337 e. The van der Waals surface area contributed by atoms with Crippen molar-refractivity contribution in [3.63, 3.8) is 0 Å². The summed E-state index contributed by atoms with van der Waals surface area (Å²) in [4.78, 5) is 19.8. The zero-order chi connectivity index (χ0) is 16.9. The van der Waals surface area contributed by atoms with Crippen LogP contribution in [0.2, 0.25) is 0 Å². The van der Waals surface area contributed by atoms with Crippen LogP contribution in [0.3, 0.4) is 0 Å². The van der Waals surface area contributed by atoms with Gasteiger partial charge in [0.05, 0.1) is 11.3 Å². The molecular formula is C17H13BrN4O2. The molecule has 7 heteroatoms. The van der Waals surface area contributed by atoms with Crippen LogP contribution in [0.25, 0.3) is 0 Å². The predicted octanol–water partition coefficient (Wildman–Crippen LogP) is 4.42. The average Bonchev–Trinajstić information content (AvgIpc) is 2.58. The minimum atomic E-state index is -1.000. The first-order chi connectivity index (χ1) is 11.6. The number of hydrogen-bond acceptors (Lipinski definition) is 5. The lowest BCUT2D eigenvalue weighted by atomic mass is 10.2. The Balaban J connectivity index is 1.81. The van der Waals surface area contributed by atoms with E-state index in [-0.39, 0.29) is 5.56 Å². The second-order valence-corrected chi connectivity index (χ2v) is 5.79. The highest BCUT2D eigenvalue weighted by atomic mass is 79.9. The van der Waals surface area contributed by atoms with Crippen molar-refractivity contribution in [1.29, 1.82) is 0 Å². The summed E-state index contributed by atoms with van der Waals surface area (Å²) >= 11 is 3.38. The molecule has 0 aliphatic rings. The molecule has 3 N–H and O–H groups in total. The molecule has 1 heterocycles. The number of aromatic nitrogens is 2. The molecule has 0 fully saturated rings. The van der Waals surface area contributed by atoms with Crippen LogP contribution < -0.4 is 10.6 Å². The van der Waals surface area contributed by atoms with Crippen molar-refractivity contribution < 1.29 is 9.90 Å². The molecule has 3 rings (SSSR count). The summed E-state index contributed by atoms with van der Waals surface area (Å²) in [6.07, 6.45) is 1.60. The van der Waals surface area contributed by atoms with Crippen molar-refractivity contribution in [2.24, 2.45) is 0 Å². The number of carboxylic acid groups (broad SMARTS) is 1. The van der Waals surface area contributed by atoms with Gasteiger partial charge in [0.1, 0.15) is 5.82 Å². The molecule has 6 nitrogen and oxygen atoms in total. The zero-order valence-electron chi connectivity index (χ0n) is 12.4. The van der Waals surface area contributed by atoms with Gasteiger partial charge in [0.25, 0.3) is 0 Å². The first kappa shape index (κ1) is 15.9.